The molecule has 166 valence electrons. The molecule has 0 spiro atoms. The number of thiophene rings is 1. The summed E-state index contributed by atoms with van der Waals surface area (Å²) < 4.78 is 29.2. The van der Waals surface area contributed by atoms with Crippen LogP contribution in [-0.2, 0) is 32.2 Å². The number of amides is 1. The van der Waals surface area contributed by atoms with E-state index in [1.165, 1.54) is 16.9 Å². The quantitative estimate of drug-likeness (QED) is 0.615. The number of esters is 1. The number of hydrogen-bond donors (Lipinski definition) is 0. The Balaban J connectivity index is 1.45. The van der Waals surface area contributed by atoms with Crippen molar-refractivity contribution in [1.82, 2.24) is 4.90 Å². The summed E-state index contributed by atoms with van der Waals surface area (Å²) in [5.41, 5.74) is 3.58. The molecule has 0 bridgehead atoms. The summed E-state index contributed by atoms with van der Waals surface area (Å²) in [5.74, 6) is -0.765. The predicted octanol–water partition coefficient (Wildman–Crippen LogP) is 3.48. The van der Waals surface area contributed by atoms with Gasteiger partial charge < -0.3 is 9.64 Å². The van der Waals surface area contributed by atoms with E-state index in [0.29, 0.717) is 17.7 Å². The average Bonchev–Trinajstić information content (AvgIpc) is 3.35. The Hall–Kier alpha value is -2.19. The van der Waals surface area contributed by atoms with Gasteiger partial charge >= 0.3 is 5.97 Å². The van der Waals surface area contributed by atoms with E-state index in [-0.39, 0.29) is 36.1 Å². The van der Waals surface area contributed by atoms with Crippen molar-refractivity contribution in [3.63, 3.8) is 0 Å². The van der Waals surface area contributed by atoms with E-state index in [1.54, 1.807) is 4.90 Å². The van der Waals surface area contributed by atoms with Gasteiger partial charge in [-0.05, 0) is 55.4 Å². The molecule has 1 fully saturated rings. The number of nitrogens with zero attached hydrogens (tertiary/aromatic N) is 1. The van der Waals surface area contributed by atoms with Crippen LogP contribution in [0.4, 0.5) is 0 Å². The molecule has 0 radical (unpaired) electrons. The first-order valence-corrected chi connectivity index (χ1v) is 13.3. The third-order valence-corrected chi connectivity index (χ3v) is 9.16. The second-order valence-electron chi connectivity index (χ2n) is 8.31. The SMILES string of the molecule is CCC(C)N(C(=O)COC(=O)c1cc2c(s1)-c1ccccc1CC2)C1CCS(=O)(=O)C1. The summed E-state index contributed by atoms with van der Waals surface area (Å²) in [6.45, 7) is 3.47. The fourth-order valence-electron chi connectivity index (χ4n) is 4.45. The zero-order chi connectivity index (χ0) is 22.2. The first-order chi connectivity index (χ1) is 14.8. The van der Waals surface area contributed by atoms with Gasteiger partial charge in [0.2, 0.25) is 0 Å². The molecule has 1 aliphatic carbocycles. The van der Waals surface area contributed by atoms with Gasteiger partial charge in [-0.3, -0.25) is 4.79 Å². The highest BCUT2D eigenvalue weighted by Gasteiger charge is 2.37. The van der Waals surface area contributed by atoms with Crippen LogP contribution >= 0.6 is 11.3 Å². The van der Waals surface area contributed by atoms with Gasteiger partial charge in [0.1, 0.15) is 4.88 Å². The second kappa shape index (κ2) is 8.74. The minimum atomic E-state index is -3.12. The van der Waals surface area contributed by atoms with Gasteiger partial charge in [-0.2, -0.15) is 0 Å². The van der Waals surface area contributed by atoms with Crippen LogP contribution in [0.1, 0.15) is 47.5 Å². The molecule has 1 aromatic heterocycles. The monoisotopic (exact) mass is 461 g/mol. The number of carbonyl (C=O) groups excluding carboxylic acids is 2. The third kappa shape index (κ3) is 4.55. The number of carbonyl (C=O) groups is 2. The van der Waals surface area contributed by atoms with E-state index in [1.807, 2.05) is 32.0 Å². The highest BCUT2D eigenvalue weighted by Crippen LogP contribution is 2.39. The van der Waals surface area contributed by atoms with Crippen LogP contribution in [0.25, 0.3) is 10.4 Å². The molecule has 8 heteroatoms. The van der Waals surface area contributed by atoms with Crippen molar-refractivity contribution in [2.75, 3.05) is 18.1 Å². The van der Waals surface area contributed by atoms with Gasteiger partial charge in [0, 0.05) is 17.0 Å². The lowest BCUT2D eigenvalue weighted by atomic mass is 9.91. The molecule has 1 saturated heterocycles. The zero-order valence-corrected chi connectivity index (χ0v) is 19.4. The van der Waals surface area contributed by atoms with Crippen LogP contribution < -0.4 is 0 Å². The molecule has 2 heterocycles. The van der Waals surface area contributed by atoms with Gasteiger partial charge in [0.15, 0.2) is 16.4 Å². The van der Waals surface area contributed by atoms with Crippen LogP contribution in [0.3, 0.4) is 0 Å². The molecule has 31 heavy (non-hydrogen) atoms. The Kier molecular flexibility index (Phi) is 6.21. The lowest BCUT2D eigenvalue weighted by Crippen LogP contribution is -2.48. The number of ether oxygens (including phenoxy) is 1. The smallest absolute Gasteiger partial charge is 0.348 e. The predicted molar refractivity (Wildman–Crippen MR) is 121 cm³/mol. The van der Waals surface area contributed by atoms with Crippen molar-refractivity contribution < 1.29 is 22.7 Å². The van der Waals surface area contributed by atoms with Crippen LogP contribution in [0.15, 0.2) is 30.3 Å². The number of aryl methyl sites for hydroxylation is 2. The molecule has 2 atom stereocenters. The third-order valence-electron chi connectivity index (χ3n) is 6.22. The van der Waals surface area contributed by atoms with Crippen molar-refractivity contribution in [2.24, 2.45) is 0 Å². The minimum Gasteiger partial charge on any atom is -0.451 e. The topological polar surface area (TPSA) is 80.8 Å². The number of rotatable bonds is 6. The van der Waals surface area contributed by atoms with E-state index in [0.717, 1.165) is 28.8 Å². The highest BCUT2D eigenvalue weighted by atomic mass is 32.2. The lowest BCUT2D eigenvalue weighted by molar-refractivity contribution is -0.138. The van der Waals surface area contributed by atoms with Crippen molar-refractivity contribution in [2.45, 2.75) is 51.6 Å². The number of fused-ring (bicyclic) bond motifs is 3. The van der Waals surface area contributed by atoms with E-state index in [2.05, 4.69) is 12.1 Å². The first kappa shape index (κ1) is 22.0. The maximum Gasteiger partial charge on any atom is 0.348 e. The fourth-order valence-corrected chi connectivity index (χ4v) is 7.32. The Morgan fingerprint density at radius 1 is 1.23 bits per heavy atom. The highest BCUT2D eigenvalue weighted by molar-refractivity contribution is 7.91. The summed E-state index contributed by atoms with van der Waals surface area (Å²) in [7, 11) is -3.12. The molecule has 6 nitrogen and oxygen atoms in total. The van der Waals surface area contributed by atoms with Crippen molar-refractivity contribution >= 4 is 33.1 Å². The van der Waals surface area contributed by atoms with E-state index >= 15 is 0 Å². The van der Waals surface area contributed by atoms with Crippen LogP contribution in [0.2, 0.25) is 0 Å². The molecule has 2 aromatic rings. The summed E-state index contributed by atoms with van der Waals surface area (Å²) in [6.07, 6.45) is 2.96. The molecule has 2 unspecified atom stereocenters. The standard InChI is InChI=1S/C23H27NO5S2/c1-3-15(2)24(18-10-11-31(27,28)14-18)21(25)13-29-23(26)20-12-17-9-8-16-6-4-5-7-19(16)22(17)30-20/h4-7,12,15,18H,3,8-11,13-14H2,1-2H3. The van der Waals surface area contributed by atoms with Crippen LogP contribution in [0, 0.1) is 0 Å². The van der Waals surface area contributed by atoms with E-state index < -0.39 is 15.8 Å². The fraction of sp³-hybridized carbons (Fsp3) is 0.478. The molecule has 1 amide bonds. The molecule has 4 rings (SSSR count). The lowest BCUT2D eigenvalue weighted by Gasteiger charge is -2.33. The number of hydrogen-bond acceptors (Lipinski definition) is 6. The largest absolute Gasteiger partial charge is 0.451 e. The summed E-state index contributed by atoms with van der Waals surface area (Å²) in [4.78, 5) is 28.8. The molecule has 0 N–H and O–H groups in total. The van der Waals surface area contributed by atoms with Gasteiger partial charge in [-0.15, -0.1) is 11.3 Å². The Morgan fingerprint density at radius 2 is 1.97 bits per heavy atom. The molecular weight excluding hydrogens is 434 g/mol. The minimum absolute atomic E-state index is 0.0198. The summed E-state index contributed by atoms with van der Waals surface area (Å²) >= 11 is 1.40. The average molecular weight is 462 g/mol. The van der Waals surface area contributed by atoms with Gasteiger partial charge in [-0.25, -0.2) is 13.2 Å². The van der Waals surface area contributed by atoms with Gasteiger partial charge in [-0.1, -0.05) is 31.2 Å². The van der Waals surface area contributed by atoms with E-state index in [4.69, 9.17) is 4.74 Å². The second-order valence-corrected chi connectivity index (χ2v) is 11.6. The van der Waals surface area contributed by atoms with Crippen LogP contribution in [0.5, 0.6) is 0 Å². The molecule has 0 saturated carbocycles. The molecular formula is C23H27NO5S2. The normalized spacial score (nSPS) is 19.9. The maximum atomic E-state index is 12.9. The number of sulfone groups is 1. The molecule has 1 aliphatic heterocycles. The Bertz CT molecular complexity index is 1100. The summed E-state index contributed by atoms with van der Waals surface area (Å²) in [5, 5.41) is 0. The van der Waals surface area contributed by atoms with Gasteiger partial charge in [0.25, 0.3) is 5.91 Å². The number of benzene rings is 1. The van der Waals surface area contributed by atoms with E-state index in [9.17, 15) is 18.0 Å². The first-order valence-electron chi connectivity index (χ1n) is 10.7. The van der Waals surface area contributed by atoms with Crippen molar-refractivity contribution in [3.8, 4) is 10.4 Å². The summed E-state index contributed by atoms with van der Waals surface area (Å²) in [6, 6.07) is 9.61. The maximum absolute atomic E-state index is 12.9. The van der Waals surface area contributed by atoms with Crippen molar-refractivity contribution in [3.05, 3.63) is 46.3 Å². The Labute approximate surface area is 187 Å². The zero-order valence-electron chi connectivity index (χ0n) is 17.8. The molecule has 1 aromatic carbocycles. The Morgan fingerprint density at radius 3 is 2.68 bits per heavy atom. The van der Waals surface area contributed by atoms with Gasteiger partial charge in [0.05, 0.1) is 11.5 Å². The van der Waals surface area contributed by atoms with Crippen molar-refractivity contribution in [1.29, 1.82) is 0 Å². The molecule has 2 aliphatic rings. The van der Waals surface area contributed by atoms with Crippen LogP contribution in [-0.4, -0.2) is 55.4 Å².